The molecule has 1 aromatic rings. The molecule has 0 radical (unpaired) electrons. The zero-order valence-corrected chi connectivity index (χ0v) is 12.7. The number of hydrogen-bond acceptors (Lipinski definition) is 4. The number of aliphatic carboxylic acids is 1. The van der Waals surface area contributed by atoms with E-state index in [1.165, 1.54) is 19.2 Å². The summed E-state index contributed by atoms with van der Waals surface area (Å²) in [6.07, 6.45) is 2.61. The van der Waals surface area contributed by atoms with Gasteiger partial charge in [0.25, 0.3) is 0 Å². The number of carboxylic acid groups (broad SMARTS) is 1. The molecule has 116 valence electrons. The topological polar surface area (TPSA) is 83.9 Å². The number of hydrogen-bond donors (Lipinski definition) is 1. The fourth-order valence-corrected chi connectivity index (χ4v) is 4.15. The summed E-state index contributed by atoms with van der Waals surface area (Å²) in [7, 11) is -2.31. The first-order valence-electron chi connectivity index (χ1n) is 6.85. The molecular weight excluding hydrogens is 294 g/mol. The van der Waals surface area contributed by atoms with E-state index in [1.807, 2.05) is 0 Å². The van der Waals surface area contributed by atoms with Gasteiger partial charge in [-0.3, -0.25) is 4.79 Å². The predicted molar refractivity (Wildman–Crippen MR) is 76.8 cm³/mol. The number of ether oxygens (including phenoxy) is 1. The second-order valence-electron chi connectivity index (χ2n) is 4.99. The van der Waals surface area contributed by atoms with Crippen molar-refractivity contribution in [2.45, 2.75) is 36.6 Å². The molecule has 1 saturated heterocycles. The van der Waals surface area contributed by atoms with Gasteiger partial charge in [-0.05, 0) is 37.1 Å². The molecule has 1 N–H and O–H groups in total. The van der Waals surface area contributed by atoms with Gasteiger partial charge in [-0.2, -0.15) is 4.31 Å². The average molecular weight is 313 g/mol. The number of benzene rings is 1. The molecule has 0 aromatic heterocycles. The Morgan fingerprint density at radius 3 is 2.48 bits per heavy atom. The molecule has 0 saturated carbocycles. The van der Waals surface area contributed by atoms with Gasteiger partial charge in [-0.1, -0.05) is 12.8 Å². The Morgan fingerprint density at radius 2 is 1.90 bits per heavy atom. The minimum Gasteiger partial charge on any atom is -0.497 e. The lowest BCUT2D eigenvalue weighted by Crippen LogP contribution is -2.44. The van der Waals surface area contributed by atoms with Crippen LogP contribution in [0.3, 0.4) is 0 Å². The van der Waals surface area contributed by atoms with Crippen molar-refractivity contribution in [2.75, 3.05) is 13.7 Å². The first-order chi connectivity index (χ1) is 9.96. The summed E-state index contributed by atoms with van der Waals surface area (Å²) in [4.78, 5) is 11.5. The Bertz CT molecular complexity index is 596. The fraction of sp³-hybridized carbons (Fsp3) is 0.500. The Hall–Kier alpha value is -1.60. The third-order valence-corrected chi connectivity index (χ3v) is 5.58. The normalized spacial score (nSPS) is 20.7. The quantitative estimate of drug-likeness (QED) is 0.915. The first-order valence-corrected chi connectivity index (χ1v) is 8.29. The Labute approximate surface area is 124 Å². The van der Waals surface area contributed by atoms with E-state index in [9.17, 15) is 18.3 Å². The molecular formula is C14H19NO5S. The van der Waals surface area contributed by atoms with E-state index in [0.717, 1.165) is 17.1 Å². The van der Waals surface area contributed by atoms with E-state index >= 15 is 0 Å². The summed E-state index contributed by atoms with van der Waals surface area (Å²) >= 11 is 0. The molecule has 1 aliphatic heterocycles. The lowest BCUT2D eigenvalue weighted by atomic mass is 10.1. The summed E-state index contributed by atoms with van der Waals surface area (Å²) in [5, 5.41) is 9.30. The highest BCUT2D eigenvalue weighted by atomic mass is 32.2. The van der Waals surface area contributed by atoms with Gasteiger partial charge < -0.3 is 9.84 Å². The molecule has 1 heterocycles. The number of carboxylic acids is 1. The zero-order chi connectivity index (χ0) is 15.5. The number of methoxy groups -OCH3 is 1. The van der Waals surface area contributed by atoms with Crippen molar-refractivity contribution in [2.24, 2.45) is 0 Å². The first kappa shape index (κ1) is 15.8. The lowest BCUT2D eigenvalue weighted by Gasteiger charge is -2.26. The van der Waals surface area contributed by atoms with Gasteiger partial charge in [0.15, 0.2) is 0 Å². The Morgan fingerprint density at radius 1 is 1.24 bits per heavy atom. The zero-order valence-electron chi connectivity index (χ0n) is 11.9. The Balaban J connectivity index is 2.36. The number of sulfonamides is 1. The second kappa shape index (κ2) is 6.44. The minimum absolute atomic E-state index is 0.0939. The van der Waals surface area contributed by atoms with Crippen LogP contribution < -0.4 is 4.74 Å². The molecule has 6 nitrogen and oxygen atoms in total. The van der Waals surface area contributed by atoms with E-state index in [-0.39, 0.29) is 11.4 Å². The van der Waals surface area contributed by atoms with Crippen molar-refractivity contribution in [3.8, 4) is 5.75 Å². The molecule has 0 bridgehead atoms. The SMILES string of the molecule is COc1ccc(S(=O)(=O)N2CCCCC[C@H]2C(=O)O)cc1. The highest BCUT2D eigenvalue weighted by molar-refractivity contribution is 7.89. The van der Waals surface area contributed by atoms with Gasteiger partial charge in [0, 0.05) is 6.54 Å². The van der Waals surface area contributed by atoms with Gasteiger partial charge >= 0.3 is 5.97 Å². The summed E-state index contributed by atoms with van der Waals surface area (Å²) in [6, 6.07) is 5.01. The van der Waals surface area contributed by atoms with Crippen molar-refractivity contribution in [1.29, 1.82) is 0 Å². The molecule has 1 aliphatic rings. The van der Waals surface area contributed by atoms with Crippen LogP contribution in [0.4, 0.5) is 0 Å². The molecule has 21 heavy (non-hydrogen) atoms. The molecule has 1 atom stereocenters. The van der Waals surface area contributed by atoms with Crippen molar-refractivity contribution >= 4 is 16.0 Å². The third kappa shape index (κ3) is 3.36. The van der Waals surface area contributed by atoms with Crippen molar-refractivity contribution < 1.29 is 23.1 Å². The fourth-order valence-electron chi connectivity index (χ4n) is 2.50. The van der Waals surface area contributed by atoms with Crippen molar-refractivity contribution in [3.05, 3.63) is 24.3 Å². The van der Waals surface area contributed by atoms with Gasteiger partial charge in [0.1, 0.15) is 11.8 Å². The maximum atomic E-state index is 12.7. The van der Waals surface area contributed by atoms with Gasteiger partial charge in [-0.15, -0.1) is 0 Å². The van der Waals surface area contributed by atoms with Crippen LogP contribution in [0.2, 0.25) is 0 Å². The summed E-state index contributed by atoms with van der Waals surface area (Å²) in [6.45, 7) is 0.241. The molecule has 0 aliphatic carbocycles. The summed E-state index contributed by atoms with van der Waals surface area (Å²) in [5.74, 6) is -0.534. The Kier molecular flexibility index (Phi) is 4.84. The highest BCUT2D eigenvalue weighted by Crippen LogP contribution is 2.26. The molecule has 1 fully saturated rings. The molecule has 7 heteroatoms. The van der Waals surface area contributed by atoms with Crippen LogP contribution in [-0.4, -0.2) is 43.5 Å². The maximum Gasteiger partial charge on any atom is 0.322 e. The second-order valence-corrected chi connectivity index (χ2v) is 6.89. The molecule has 0 spiro atoms. The van der Waals surface area contributed by atoms with E-state index in [1.54, 1.807) is 12.1 Å². The molecule has 1 aromatic carbocycles. The predicted octanol–water partition coefficient (Wildman–Crippen LogP) is 1.71. The molecule has 0 amide bonds. The van der Waals surface area contributed by atoms with Crippen LogP contribution in [0.1, 0.15) is 25.7 Å². The average Bonchev–Trinajstić information content (AvgIpc) is 2.73. The van der Waals surface area contributed by atoms with Crippen LogP contribution >= 0.6 is 0 Å². The van der Waals surface area contributed by atoms with Gasteiger partial charge in [-0.25, -0.2) is 8.42 Å². The molecule has 2 rings (SSSR count). The van der Waals surface area contributed by atoms with Crippen molar-refractivity contribution in [1.82, 2.24) is 4.31 Å². The van der Waals surface area contributed by atoms with Gasteiger partial charge in [0.05, 0.1) is 12.0 Å². The molecule has 0 unspecified atom stereocenters. The monoisotopic (exact) mass is 313 g/mol. The van der Waals surface area contributed by atoms with E-state index in [0.29, 0.717) is 18.6 Å². The lowest BCUT2D eigenvalue weighted by molar-refractivity contribution is -0.141. The largest absolute Gasteiger partial charge is 0.497 e. The standard InChI is InChI=1S/C14H19NO5S/c1-20-11-6-8-12(9-7-11)21(18,19)15-10-4-2-3-5-13(15)14(16)17/h6-9,13H,2-5,10H2,1H3,(H,16,17)/t13-/m0/s1. The highest BCUT2D eigenvalue weighted by Gasteiger charge is 2.36. The van der Waals surface area contributed by atoms with Crippen LogP contribution in [0.15, 0.2) is 29.2 Å². The third-order valence-electron chi connectivity index (χ3n) is 3.65. The van der Waals surface area contributed by atoms with Crippen LogP contribution in [0, 0.1) is 0 Å². The number of nitrogens with zero attached hydrogens (tertiary/aromatic N) is 1. The maximum absolute atomic E-state index is 12.7. The number of carbonyl (C=O) groups is 1. The van der Waals surface area contributed by atoms with Crippen LogP contribution in [0.5, 0.6) is 5.75 Å². The minimum atomic E-state index is -3.81. The van der Waals surface area contributed by atoms with E-state index in [2.05, 4.69) is 0 Å². The van der Waals surface area contributed by atoms with Gasteiger partial charge in [0.2, 0.25) is 10.0 Å². The van der Waals surface area contributed by atoms with Crippen LogP contribution in [-0.2, 0) is 14.8 Å². The van der Waals surface area contributed by atoms with E-state index in [4.69, 9.17) is 4.74 Å². The van der Waals surface area contributed by atoms with Crippen molar-refractivity contribution in [3.63, 3.8) is 0 Å². The smallest absolute Gasteiger partial charge is 0.322 e. The van der Waals surface area contributed by atoms with Crippen LogP contribution in [0.25, 0.3) is 0 Å². The number of rotatable bonds is 4. The summed E-state index contributed by atoms with van der Waals surface area (Å²) in [5.41, 5.74) is 0. The van der Waals surface area contributed by atoms with E-state index < -0.39 is 22.0 Å². The summed E-state index contributed by atoms with van der Waals surface area (Å²) < 4.78 is 31.5.